The molecule has 1 aliphatic heterocycles. The lowest BCUT2D eigenvalue weighted by molar-refractivity contribution is -0.129. The summed E-state index contributed by atoms with van der Waals surface area (Å²) < 4.78 is 22.4. The summed E-state index contributed by atoms with van der Waals surface area (Å²) in [7, 11) is -3.25. The number of nitrogens with one attached hydrogen (secondary N) is 1. The van der Waals surface area contributed by atoms with Gasteiger partial charge in [-0.3, -0.25) is 9.36 Å². The maximum Gasteiger partial charge on any atom is 0.340 e. The quantitative estimate of drug-likeness (QED) is 0.715. The van der Waals surface area contributed by atoms with Gasteiger partial charge in [-0.2, -0.15) is 0 Å². The molecule has 1 heterocycles. The zero-order valence-electron chi connectivity index (χ0n) is 10.5. The highest BCUT2D eigenvalue weighted by atomic mass is 31.2. The summed E-state index contributed by atoms with van der Waals surface area (Å²) in [6.45, 7) is 6.90. The van der Waals surface area contributed by atoms with Gasteiger partial charge < -0.3 is 19.3 Å². The van der Waals surface area contributed by atoms with E-state index in [2.05, 4.69) is 5.32 Å². The maximum atomic E-state index is 12.2. The molecule has 0 unspecified atom stereocenters. The number of carbonyl (C=O) groups excluding carboxylic acids is 1. The van der Waals surface area contributed by atoms with Gasteiger partial charge in [0.1, 0.15) is 6.16 Å². The molecule has 17 heavy (non-hydrogen) atoms. The summed E-state index contributed by atoms with van der Waals surface area (Å²) >= 11 is 0. The zero-order chi connectivity index (χ0) is 12.7. The number of amides is 1. The molecule has 100 valence electrons. The summed E-state index contributed by atoms with van der Waals surface area (Å²) in [5, 5.41) is 3.16. The van der Waals surface area contributed by atoms with Gasteiger partial charge in [-0.1, -0.05) is 0 Å². The van der Waals surface area contributed by atoms with Crippen LogP contribution >= 0.6 is 7.60 Å². The summed E-state index contributed by atoms with van der Waals surface area (Å²) in [6, 6.07) is 0. The Kier molecular flexibility index (Phi) is 6.12. The van der Waals surface area contributed by atoms with Crippen LogP contribution in [-0.2, 0) is 18.4 Å². The molecule has 0 aromatic heterocycles. The number of hydrogen-bond acceptors (Lipinski definition) is 5. The molecule has 0 bridgehead atoms. The fourth-order valence-corrected chi connectivity index (χ4v) is 3.28. The molecule has 6 nitrogen and oxygen atoms in total. The highest BCUT2D eigenvalue weighted by Crippen LogP contribution is 2.47. The molecular formula is C10H21N2O4P. The van der Waals surface area contributed by atoms with Crippen molar-refractivity contribution in [1.82, 2.24) is 10.2 Å². The molecule has 1 saturated heterocycles. The van der Waals surface area contributed by atoms with E-state index >= 15 is 0 Å². The largest absolute Gasteiger partial charge is 0.340 e. The van der Waals surface area contributed by atoms with Crippen LogP contribution in [0.4, 0.5) is 0 Å². The second-order valence-corrected chi connectivity index (χ2v) is 5.79. The maximum absolute atomic E-state index is 12.2. The number of nitrogens with zero attached hydrogens (tertiary/aromatic N) is 1. The third-order valence-electron chi connectivity index (χ3n) is 2.45. The molecule has 1 fully saturated rings. The monoisotopic (exact) mass is 264 g/mol. The standard InChI is InChI=1S/C10H21N2O4P/c1-3-15-17(14,16-4-2)9-10(13)12-7-5-11-6-8-12/h11H,3-9H2,1-2H3. The number of rotatable bonds is 6. The van der Waals surface area contributed by atoms with E-state index in [9.17, 15) is 9.36 Å². The van der Waals surface area contributed by atoms with Crippen molar-refractivity contribution in [3.63, 3.8) is 0 Å². The lowest BCUT2D eigenvalue weighted by Gasteiger charge is -2.28. The molecular weight excluding hydrogens is 243 g/mol. The van der Waals surface area contributed by atoms with Crippen LogP contribution in [-0.4, -0.2) is 56.4 Å². The molecule has 1 amide bonds. The van der Waals surface area contributed by atoms with Gasteiger partial charge in [0.2, 0.25) is 5.91 Å². The Bertz CT molecular complexity index is 282. The average Bonchev–Trinajstić information content (AvgIpc) is 2.30. The normalized spacial score (nSPS) is 17.2. The van der Waals surface area contributed by atoms with E-state index in [0.717, 1.165) is 13.1 Å². The fraction of sp³-hybridized carbons (Fsp3) is 0.900. The van der Waals surface area contributed by atoms with Crippen molar-refractivity contribution in [2.45, 2.75) is 13.8 Å². The lowest BCUT2D eigenvalue weighted by atomic mass is 10.3. The topological polar surface area (TPSA) is 67.9 Å². The fourth-order valence-electron chi connectivity index (χ4n) is 1.70. The molecule has 1 N–H and O–H groups in total. The Balaban J connectivity index is 2.53. The summed E-state index contributed by atoms with van der Waals surface area (Å²) in [5.74, 6) is -0.156. The first-order chi connectivity index (χ1) is 8.11. The molecule has 1 rings (SSSR count). The van der Waals surface area contributed by atoms with Gasteiger partial charge in [0.05, 0.1) is 13.2 Å². The molecule has 1 aliphatic rings. The second kappa shape index (κ2) is 7.11. The summed E-state index contributed by atoms with van der Waals surface area (Å²) in [6.07, 6.45) is -0.158. The Morgan fingerprint density at radius 1 is 1.24 bits per heavy atom. The van der Waals surface area contributed by atoms with Crippen LogP contribution in [0.5, 0.6) is 0 Å². The third-order valence-corrected chi connectivity index (χ3v) is 4.41. The molecule has 0 aromatic rings. The first kappa shape index (κ1) is 14.6. The number of carbonyl (C=O) groups is 1. The smallest absolute Gasteiger partial charge is 0.340 e. The van der Waals surface area contributed by atoms with Crippen molar-refractivity contribution in [3.8, 4) is 0 Å². The van der Waals surface area contributed by atoms with Gasteiger partial charge in [-0.05, 0) is 13.8 Å². The van der Waals surface area contributed by atoms with Gasteiger partial charge in [0, 0.05) is 26.2 Å². The molecule has 0 atom stereocenters. The first-order valence-corrected chi connectivity index (χ1v) is 7.70. The van der Waals surface area contributed by atoms with Crippen molar-refractivity contribution < 1.29 is 18.4 Å². The molecule has 0 aromatic carbocycles. The third kappa shape index (κ3) is 4.76. The number of piperazine rings is 1. The van der Waals surface area contributed by atoms with Gasteiger partial charge >= 0.3 is 7.60 Å². The van der Waals surface area contributed by atoms with E-state index in [-0.39, 0.29) is 25.3 Å². The summed E-state index contributed by atoms with van der Waals surface area (Å²) in [5.41, 5.74) is 0. The predicted octanol–water partition coefficient (Wildman–Crippen LogP) is 0.684. The summed E-state index contributed by atoms with van der Waals surface area (Å²) in [4.78, 5) is 13.6. The molecule has 0 aliphatic carbocycles. The van der Waals surface area contributed by atoms with Crippen molar-refractivity contribution in [2.75, 3.05) is 45.6 Å². The minimum atomic E-state index is -3.25. The van der Waals surface area contributed by atoms with Crippen molar-refractivity contribution in [1.29, 1.82) is 0 Å². The second-order valence-electron chi connectivity index (χ2n) is 3.74. The Morgan fingerprint density at radius 2 is 1.76 bits per heavy atom. The predicted molar refractivity (Wildman–Crippen MR) is 65.2 cm³/mol. The average molecular weight is 264 g/mol. The van der Waals surface area contributed by atoms with E-state index in [1.807, 2.05) is 0 Å². The minimum absolute atomic E-state index is 0.156. The molecule has 0 spiro atoms. The SMILES string of the molecule is CCOP(=O)(CC(=O)N1CCNCC1)OCC. The van der Waals surface area contributed by atoms with Crippen LogP contribution in [0.3, 0.4) is 0 Å². The van der Waals surface area contributed by atoms with E-state index in [0.29, 0.717) is 13.1 Å². The molecule has 0 radical (unpaired) electrons. The number of hydrogen-bond donors (Lipinski definition) is 1. The van der Waals surface area contributed by atoms with Crippen LogP contribution in [0.25, 0.3) is 0 Å². The van der Waals surface area contributed by atoms with E-state index in [4.69, 9.17) is 9.05 Å². The molecule has 7 heteroatoms. The first-order valence-electron chi connectivity index (χ1n) is 5.98. The van der Waals surface area contributed by atoms with Gasteiger partial charge in [0.25, 0.3) is 0 Å². The van der Waals surface area contributed by atoms with Crippen molar-refractivity contribution >= 4 is 13.5 Å². The van der Waals surface area contributed by atoms with Gasteiger partial charge in [-0.25, -0.2) is 0 Å². The van der Waals surface area contributed by atoms with Gasteiger partial charge in [0.15, 0.2) is 0 Å². The highest BCUT2D eigenvalue weighted by molar-refractivity contribution is 7.54. The van der Waals surface area contributed by atoms with E-state index in [1.165, 1.54) is 0 Å². The van der Waals surface area contributed by atoms with Gasteiger partial charge in [-0.15, -0.1) is 0 Å². The van der Waals surface area contributed by atoms with Crippen molar-refractivity contribution in [2.24, 2.45) is 0 Å². The lowest BCUT2D eigenvalue weighted by Crippen LogP contribution is -2.47. The van der Waals surface area contributed by atoms with Crippen LogP contribution in [0, 0.1) is 0 Å². The van der Waals surface area contributed by atoms with E-state index < -0.39 is 7.60 Å². The minimum Gasteiger partial charge on any atom is -0.340 e. The molecule has 0 saturated carbocycles. The van der Waals surface area contributed by atoms with Crippen LogP contribution in [0.2, 0.25) is 0 Å². The van der Waals surface area contributed by atoms with Crippen LogP contribution in [0.15, 0.2) is 0 Å². The highest BCUT2D eigenvalue weighted by Gasteiger charge is 2.30. The Labute approximate surface area is 102 Å². The van der Waals surface area contributed by atoms with E-state index in [1.54, 1.807) is 18.7 Å². The zero-order valence-corrected chi connectivity index (χ0v) is 11.4. The Hall–Kier alpha value is -0.420. The van der Waals surface area contributed by atoms with Crippen molar-refractivity contribution in [3.05, 3.63) is 0 Å². The Morgan fingerprint density at radius 3 is 2.24 bits per heavy atom. The van der Waals surface area contributed by atoms with Crippen LogP contribution in [0.1, 0.15) is 13.8 Å². The van der Waals surface area contributed by atoms with Crippen LogP contribution < -0.4 is 5.32 Å².